The number of alkyl halides is 3. The lowest BCUT2D eigenvalue weighted by Gasteiger charge is -2.29. The van der Waals surface area contributed by atoms with Gasteiger partial charge >= 0.3 is 6.18 Å². The molecule has 9 nitrogen and oxygen atoms in total. The van der Waals surface area contributed by atoms with Gasteiger partial charge in [0, 0.05) is 47.6 Å². The molecular weight excluding hydrogens is 535 g/mol. The van der Waals surface area contributed by atoms with Crippen LogP contribution in [-0.4, -0.2) is 37.2 Å². The zero-order valence-electron chi connectivity index (χ0n) is 22.6. The quantitative estimate of drug-likeness (QED) is 0.286. The minimum Gasteiger partial charge on any atom is -0.382 e. The van der Waals surface area contributed by atoms with Crippen molar-refractivity contribution in [2.75, 3.05) is 11.1 Å². The van der Waals surface area contributed by atoms with Crippen LogP contribution in [0.15, 0.2) is 55.0 Å². The number of carbonyl (C=O) groups is 2. The van der Waals surface area contributed by atoms with Crippen LogP contribution in [0.3, 0.4) is 0 Å². The molecule has 0 spiro atoms. The molecule has 4 aromatic rings. The van der Waals surface area contributed by atoms with E-state index >= 15 is 0 Å². The van der Waals surface area contributed by atoms with E-state index in [0.717, 1.165) is 49.8 Å². The van der Waals surface area contributed by atoms with Gasteiger partial charge in [0.05, 0.1) is 5.56 Å². The van der Waals surface area contributed by atoms with E-state index in [9.17, 15) is 22.8 Å². The molecule has 2 atom stereocenters. The van der Waals surface area contributed by atoms with Crippen LogP contribution in [0, 0.1) is 5.92 Å². The number of benzene rings is 1. The molecule has 1 aliphatic rings. The lowest BCUT2D eigenvalue weighted by molar-refractivity contribution is -0.137. The van der Waals surface area contributed by atoms with Crippen molar-refractivity contribution in [1.29, 1.82) is 0 Å². The van der Waals surface area contributed by atoms with Crippen molar-refractivity contribution in [3.63, 3.8) is 0 Å². The number of nitrogens with two attached hydrogens (primary N) is 1. The zero-order valence-corrected chi connectivity index (χ0v) is 22.6. The second-order valence-electron chi connectivity index (χ2n) is 10.5. The highest BCUT2D eigenvalue weighted by Gasteiger charge is 2.31. The largest absolute Gasteiger partial charge is 0.416 e. The van der Waals surface area contributed by atoms with Crippen LogP contribution in [-0.2, 0) is 11.0 Å². The summed E-state index contributed by atoms with van der Waals surface area (Å²) >= 11 is 0. The number of amides is 2. The van der Waals surface area contributed by atoms with E-state index < -0.39 is 17.6 Å². The first-order chi connectivity index (χ1) is 19.5. The summed E-state index contributed by atoms with van der Waals surface area (Å²) in [6, 6.07) is 8.22. The van der Waals surface area contributed by atoms with Gasteiger partial charge in [0.25, 0.3) is 5.91 Å². The van der Waals surface area contributed by atoms with Gasteiger partial charge in [-0.25, -0.2) is 15.0 Å². The van der Waals surface area contributed by atoms with Crippen molar-refractivity contribution in [3.8, 4) is 11.3 Å². The second kappa shape index (κ2) is 11.2. The molecule has 3 aromatic heterocycles. The van der Waals surface area contributed by atoms with Crippen molar-refractivity contribution in [2.45, 2.75) is 57.7 Å². The summed E-state index contributed by atoms with van der Waals surface area (Å²) < 4.78 is 41.0. The van der Waals surface area contributed by atoms with Crippen LogP contribution in [0.4, 0.5) is 24.8 Å². The van der Waals surface area contributed by atoms with Gasteiger partial charge in [0.2, 0.25) is 5.91 Å². The average molecular weight is 566 g/mol. The molecule has 41 heavy (non-hydrogen) atoms. The Bertz CT molecular complexity index is 1580. The third-order valence-electron chi connectivity index (χ3n) is 7.27. The minimum atomic E-state index is -4.55. The lowest BCUT2D eigenvalue weighted by atomic mass is 9.85. The van der Waals surface area contributed by atoms with E-state index in [0.29, 0.717) is 22.6 Å². The Hall–Kier alpha value is -4.48. The highest BCUT2D eigenvalue weighted by Crippen LogP contribution is 2.37. The Morgan fingerprint density at radius 1 is 1.07 bits per heavy atom. The fraction of sp³-hybridized carbons (Fsp3) is 0.345. The highest BCUT2D eigenvalue weighted by atomic mass is 19.4. The van der Waals surface area contributed by atoms with E-state index in [1.165, 1.54) is 0 Å². The fourth-order valence-electron chi connectivity index (χ4n) is 5.14. The summed E-state index contributed by atoms with van der Waals surface area (Å²) in [7, 11) is 0. The van der Waals surface area contributed by atoms with Crippen molar-refractivity contribution in [1.82, 2.24) is 24.7 Å². The molecule has 0 radical (unpaired) electrons. The van der Waals surface area contributed by atoms with Crippen LogP contribution in [0.25, 0.3) is 16.8 Å². The van der Waals surface area contributed by atoms with E-state index in [2.05, 4.69) is 20.6 Å². The van der Waals surface area contributed by atoms with Gasteiger partial charge in [-0.1, -0.05) is 32.4 Å². The molecular formula is C29H30F3N7O2. The van der Waals surface area contributed by atoms with Crippen LogP contribution < -0.4 is 16.4 Å². The number of carbonyl (C=O) groups excluding carboxylic acids is 2. The number of nitrogens with zero attached hydrogens (tertiary/aromatic N) is 4. The van der Waals surface area contributed by atoms with E-state index in [1.54, 1.807) is 30.5 Å². The maximum atomic E-state index is 13.0. The topological polar surface area (TPSA) is 127 Å². The molecule has 1 aliphatic carbocycles. The maximum Gasteiger partial charge on any atom is 0.416 e. The predicted molar refractivity (Wildman–Crippen MR) is 148 cm³/mol. The lowest BCUT2D eigenvalue weighted by Crippen LogP contribution is -2.40. The van der Waals surface area contributed by atoms with Gasteiger partial charge in [0.1, 0.15) is 28.7 Å². The Kier molecular flexibility index (Phi) is 7.65. The third kappa shape index (κ3) is 6.01. The normalized spacial score (nSPS) is 17.5. The van der Waals surface area contributed by atoms with Gasteiger partial charge in [-0.3, -0.25) is 14.0 Å². The van der Waals surface area contributed by atoms with Crippen molar-refractivity contribution in [2.24, 2.45) is 5.92 Å². The number of rotatable bonds is 6. The van der Waals surface area contributed by atoms with Crippen LogP contribution in [0.5, 0.6) is 0 Å². The van der Waals surface area contributed by atoms with Gasteiger partial charge in [0.15, 0.2) is 0 Å². The number of nitrogen functional groups attached to an aromatic ring is 1. The monoisotopic (exact) mass is 565 g/mol. The number of imidazole rings is 1. The number of fused-ring (bicyclic) bond motifs is 1. The summed E-state index contributed by atoms with van der Waals surface area (Å²) in [5.41, 5.74) is 7.56. The average Bonchev–Trinajstić information content (AvgIpc) is 3.34. The number of halogens is 3. The van der Waals surface area contributed by atoms with Crippen LogP contribution in [0.2, 0.25) is 0 Å². The van der Waals surface area contributed by atoms with E-state index in [1.807, 2.05) is 24.4 Å². The van der Waals surface area contributed by atoms with Crippen molar-refractivity contribution >= 4 is 29.0 Å². The van der Waals surface area contributed by atoms with Crippen LogP contribution in [0.1, 0.15) is 67.2 Å². The number of aromatic nitrogens is 4. The molecule has 5 rings (SSSR count). The number of pyridine rings is 1. The zero-order chi connectivity index (χ0) is 29.3. The van der Waals surface area contributed by atoms with Gasteiger partial charge in [-0.2, -0.15) is 13.2 Å². The SMILES string of the molecule is CC(C)C(=O)NC1CCCC(c2nc(-c3ccc(C(=O)Nc4cc(C(F)(F)F)ccn4)cc3)c3c(N)nccn23)C1. The maximum absolute atomic E-state index is 13.0. The van der Waals surface area contributed by atoms with Crippen LogP contribution >= 0.6 is 0 Å². The van der Waals surface area contributed by atoms with E-state index in [4.69, 9.17) is 10.7 Å². The first-order valence-corrected chi connectivity index (χ1v) is 13.4. The molecule has 4 N–H and O–H groups in total. The number of anilines is 2. The van der Waals surface area contributed by atoms with Gasteiger partial charge < -0.3 is 16.4 Å². The summed E-state index contributed by atoms with van der Waals surface area (Å²) in [6.07, 6.45) is 3.41. The first-order valence-electron chi connectivity index (χ1n) is 13.4. The van der Waals surface area contributed by atoms with E-state index in [-0.39, 0.29) is 35.2 Å². The van der Waals surface area contributed by atoms with Crippen molar-refractivity contribution in [3.05, 3.63) is 71.9 Å². The third-order valence-corrected chi connectivity index (χ3v) is 7.27. The minimum absolute atomic E-state index is 0.0331. The molecule has 3 heterocycles. The summed E-state index contributed by atoms with van der Waals surface area (Å²) in [6.45, 7) is 3.74. The summed E-state index contributed by atoms with van der Waals surface area (Å²) in [5.74, 6) is 0.361. The number of hydrogen-bond donors (Lipinski definition) is 3. The Morgan fingerprint density at radius 3 is 2.54 bits per heavy atom. The number of hydrogen-bond acceptors (Lipinski definition) is 6. The molecule has 1 aromatic carbocycles. The predicted octanol–water partition coefficient (Wildman–Crippen LogP) is 5.44. The fourth-order valence-corrected chi connectivity index (χ4v) is 5.14. The molecule has 214 valence electrons. The molecule has 1 saturated carbocycles. The van der Waals surface area contributed by atoms with Crippen molar-refractivity contribution < 1.29 is 22.8 Å². The highest BCUT2D eigenvalue weighted by molar-refractivity contribution is 6.04. The summed E-state index contributed by atoms with van der Waals surface area (Å²) in [4.78, 5) is 38.1. The molecule has 2 amide bonds. The van der Waals surface area contributed by atoms with Gasteiger partial charge in [-0.15, -0.1) is 0 Å². The number of nitrogens with one attached hydrogen (secondary N) is 2. The molecule has 12 heteroatoms. The Balaban J connectivity index is 1.40. The molecule has 0 aliphatic heterocycles. The molecule has 1 fully saturated rings. The standard InChI is InChI=1S/C29H30F3N7O2/c1-16(2)27(40)36-21-5-3-4-19(14-21)26-38-23(24-25(33)35-12-13-39(24)26)17-6-8-18(9-7-17)28(41)37-22-15-20(10-11-34-22)29(30,31)32/h6-13,15-16,19,21H,3-5,14H2,1-2H3,(H2,33,35)(H,36,40)(H,34,37,41). The molecule has 0 bridgehead atoms. The molecule has 2 unspecified atom stereocenters. The first kappa shape index (κ1) is 28.1. The Morgan fingerprint density at radius 2 is 1.83 bits per heavy atom. The Labute approximate surface area is 234 Å². The molecule has 0 saturated heterocycles. The second-order valence-corrected chi connectivity index (χ2v) is 10.5. The smallest absolute Gasteiger partial charge is 0.382 e. The van der Waals surface area contributed by atoms with Gasteiger partial charge in [-0.05, 0) is 43.5 Å². The summed E-state index contributed by atoms with van der Waals surface area (Å²) in [5, 5.41) is 5.56.